The number of hydrogen-bond acceptors (Lipinski definition) is 4. The number of nitrogens with one attached hydrogen (secondary N) is 1. The highest BCUT2D eigenvalue weighted by atomic mass is 32.1. The summed E-state index contributed by atoms with van der Waals surface area (Å²) in [6.45, 7) is 0. The van der Waals surface area contributed by atoms with Crippen molar-refractivity contribution in [2.24, 2.45) is 0 Å². The van der Waals surface area contributed by atoms with E-state index >= 15 is 0 Å². The largest absolute Gasteiger partial charge is 0.312 e. The minimum absolute atomic E-state index is 0.480. The van der Waals surface area contributed by atoms with E-state index in [0.717, 1.165) is 17.1 Å². The van der Waals surface area contributed by atoms with Crippen molar-refractivity contribution in [1.82, 2.24) is 15.3 Å². The average molecular weight is 245 g/mol. The minimum atomic E-state index is 0.480. The fraction of sp³-hybridized carbons (Fsp3) is 0.385. The third-order valence-electron chi connectivity index (χ3n) is 3.18. The molecule has 4 heteroatoms. The van der Waals surface area contributed by atoms with Crippen LogP contribution in [0.1, 0.15) is 29.5 Å². The van der Waals surface area contributed by atoms with E-state index in [-0.39, 0.29) is 0 Å². The highest BCUT2D eigenvalue weighted by molar-refractivity contribution is 7.15. The number of hydrogen-bond donors (Lipinski definition) is 1. The smallest absolute Gasteiger partial charge is 0.142 e. The number of aryl methyl sites for hydroxylation is 1. The Kier molecular flexibility index (Phi) is 2.91. The molecule has 1 aliphatic carbocycles. The molecule has 3 rings (SSSR count). The quantitative estimate of drug-likeness (QED) is 0.884. The molecule has 0 spiro atoms. The lowest BCUT2D eigenvalue weighted by Gasteiger charge is -2.19. The van der Waals surface area contributed by atoms with Crippen LogP contribution in [0.2, 0.25) is 0 Å². The van der Waals surface area contributed by atoms with E-state index in [1.165, 1.54) is 23.4 Å². The normalized spacial score (nSPS) is 19.0. The van der Waals surface area contributed by atoms with Crippen molar-refractivity contribution >= 4 is 11.3 Å². The summed E-state index contributed by atoms with van der Waals surface area (Å²) in [6, 6.07) is 6.46. The Morgan fingerprint density at radius 1 is 1.41 bits per heavy atom. The Morgan fingerprint density at radius 3 is 3.12 bits per heavy atom. The Morgan fingerprint density at radius 2 is 2.35 bits per heavy atom. The van der Waals surface area contributed by atoms with E-state index in [1.807, 2.05) is 31.4 Å². The van der Waals surface area contributed by atoms with Gasteiger partial charge >= 0.3 is 0 Å². The van der Waals surface area contributed by atoms with Crippen molar-refractivity contribution < 1.29 is 0 Å². The van der Waals surface area contributed by atoms with Crippen LogP contribution in [0, 0.1) is 0 Å². The first-order valence-corrected chi connectivity index (χ1v) is 6.78. The Bertz CT molecular complexity index is 507. The van der Waals surface area contributed by atoms with Gasteiger partial charge in [0.25, 0.3) is 0 Å². The van der Waals surface area contributed by atoms with E-state index < -0.39 is 0 Å². The second kappa shape index (κ2) is 4.55. The Balaban J connectivity index is 2.02. The van der Waals surface area contributed by atoms with Gasteiger partial charge in [-0.3, -0.25) is 4.98 Å². The van der Waals surface area contributed by atoms with E-state index in [1.54, 1.807) is 11.3 Å². The highest BCUT2D eigenvalue weighted by Crippen LogP contribution is 2.36. The molecule has 88 valence electrons. The van der Waals surface area contributed by atoms with Gasteiger partial charge in [-0.2, -0.15) is 0 Å². The second-order valence-electron chi connectivity index (χ2n) is 4.28. The molecule has 2 aromatic rings. The summed E-state index contributed by atoms with van der Waals surface area (Å²) in [5, 5.41) is 4.43. The molecule has 1 N–H and O–H groups in total. The fourth-order valence-electron chi connectivity index (χ4n) is 2.29. The molecule has 0 radical (unpaired) electrons. The molecule has 2 aromatic heterocycles. The molecular weight excluding hydrogens is 230 g/mol. The molecule has 17 heavy (non-hydrogen) atoms. The number of pyridine rings is 1. The topological polar surface area (TPSA) is 37.8 Å². The molecular formula is C13H15N3S. The molecule has 1 unspecified atom stereocenters. The third kappa shape index (κ3) is 1.98. The van der Waals surface area contributed by atoms with Gasteiger partial charge in [0.1, 0.15) is 5.01 Å². The van der Waals surface area contributed by atoms with Crippen molar-refractivity contribution in [3.8, 4) is 10.7 Å². The zero-order chi connectivity index (χ0) is 11.7. The van der Waals surface area contributed by atoms with Gasteiger partial charge in [0.15, 0.2) is 0 Å². The van der Waals surface area contributed by atoms with Gasteiger partial charge in [-0.25, -0.2) is 4.98 Å². The van der Waals surface area contributed by atoms with Crippen molar-refractivity contribution in [2.75, 3.05) is 7.05 Å². The van der Waals surface area contributed by atoms with Crippen molar-refractivity contribution in [3.05, 3.63) is 35.0 Å². The van der Waals surface area contributed by atoms with Crippen molar-refractivity contribution in [1.29, 1.82) is 0 Å². The summed E-state index contributed by atoms with van der Waals surface area (Å²) in [4.78, 5) is 10.5. The first-order chi connectivity index (χ1) is 8.38. The minimum Gasteiger partial charge on any atom is -0.312 e. The maximum atomic E-state index is 4.74. The molecule has 0 aliphatic heterocycles. The average Bonchev–Trinajstić information content (AvgIpc) is 2.83. The van der Waals surface area contributed by atoms with Gasteiger partial charge < -0.3 is 5.32 Å². The van der Waals surface area contributed by atoms with Crippen LogP contribution in [0.3, 0.4) is 0 Å². The van der Waals surface area contributed by atoms with Crippen molar-refractivity contribution in [2.45, 2.75) is 25.3 Å². The van der Waals surface area contributed by atoms with Gasteiger partial charge in [-0.1, -0.05) is 6.07 Å². The molecule has 2 heterocycles. The van der Waals surface area contributed by atoms with Crippen LogP contribution in [0.15, 0.2) is 24.4 Å². The van der Waals surface area contributed by atoms with Crippen LogP contribution >= 0.6 is 11.3 Å². The number of rotatable bonds is 2. The monoisotopic (exact) mass is 245 g/mol. The number of aromatic nitrogens is 2. The fourth-order valence-corrected chi connectivity index (χ4v) is 3.53. The van der Waals surface area contributed by atoms with Gasteiger partial charge in [-0.05, 0) is 38.4 Å². The molecule has 0 aromatic carbocycles. The molecule has 1 atom stereocenters. The van der Waals surface area contributed by atoms with Crippen LogP contribution < -0.4 is 5.32 Å². The SMILES string of the molecule is CNC1CCCc2nc(-c3ccccn3)sc21. The maximum Gasteiger partial charge on any atom is 0.142 e. The van der Waals surface area contributed by atoms with Gasteiger partial charge in [-0.15, -0.1) is 11.3 Å². The summed E-state index contributed by atoms with van der Waals surface area (Å²) >= 11 is 1.78. The predicted octanol–water partition coefficient (Wildman–Crippen LogP) is 2.80. The zero-order valence-corrected chi connectivity index (χ0v) is 10.6. The molecule has 0 saturated heterocycles. The third-order valence-corrected chi connectivity index (χ3v) is 4.42. The summed E-state index contributed by atoms with van der Waals surface area (Å²) in [6.07, 6.45) is 5.37. The lowest BCUT2D eigenvalue weighted by atomic mass is 9.98. The van der Waals surface area contributed by atoms with Gasteiger partial charge in [0, 0.05) is 17.1 Å². The summed E-state index contributed by atoms with van der Waals surface area (Å²) in [7, 11) is 2.03. The highest BCUT2D eigenvalue weighted by Gasteiger charge is 2.23. The zero-order valence-electron chi connectivity index (χ0n) is 9.81. The molecule has 3 nitrogen and oxygen atoms in total. The van der Waals surface area contributed by atoms with Crippen molar-refractivity contribution in [3.63, 3.8) is 0 Å². The Labute approximate surface area is 105 Å². The number of thiazole rings is 1. The number of fused-ring (bicyclic) bond motifs is 1. The van der Waals surface area contributed by atoms with Crippen LogP contribution in [-0.4, -0.2) is 17.0 Å². The Hall–Kier alpha value is -1.26. The predicted molar refractivity (Wildman–Crippen MR) is 70.1 cm³/mol. The number of nitrogens with zero attached hydrogens (tertiary/aromatic N) is 2. The molecule has 0 saturated carbocycles. The van der Waals surface area contributed by atoms with Crippen LogP contribution in [-0.2, 0) is 6.42 Å². The standard InChI is InChI=1S/C13H15N3S/c1-14-9-6-4-7-10-12(9)17-13(16-10)11-5-2-3-8-15-11/h2-3,5,8-9,14H,4,6-7H2,1H3. The molecule has 0 amide bonds. The van der Waals surface area contributed by atoms with E-state index in [2.05, 4.69) is 10.3 Å². The maximum absolute atomic E-state index is 4.74. The first kappa shape index (κ1) is 10.9. The molecule has 0 bridgehead atoms. The van der Waals surface area contributed by atoms with E-state index in [9.17, 15) is 0 Å². The lowest BCUT2D eigenvalue weighted by molar-refractivity contribution is 0.501. The van der Waals surface area contributed by atoms with Crippen LogP contribution in [0.5, 0.6) is 0 Å². The lowest BCUT2D eigenvalue weighted by Crippen LogP contribution is -2.19. The van der Waals surface area contributed by atoms with E-state index in [4.69, 9.17) is 4.98 Å². The van der Waals surface area contributed by atoms with Crippen LogP contribution in [0.4, 0.5) is 0 Å². The van der Waals surface area contributed by atoms with E-state index in [0.29, 0.717) is 6.04 Å². The van der Waals surface area contributed by atoms with Crippen LogP contribution in [0.25, 0.3) is 10.7 Å². The summed E-state index contributed by atoms with van der Waals surface area (Å²) in [5.41, 5.74) is 2.25. The summed E-state index contributed by atoms with van der Waals surface area (Å²) < 4.78 is 0. The molecule has 1 aliphatic rings. The van der Waals surface area contributed by atoms with Gasteiger partial charge in [0.05, 0.1) is 11.4 Å². The first-order valence-electron chi connectivity index (χ1n) is 5.97. The molecule has 0 fully saturated rings. The summed E-state index contributed by atoms with van der Waals surface area (Å²) in [5.74, 6) is 0. The van der Waals surface area contributed by atoms with Gasteiger partial charge in [0.2, 0.25) is 0 Å². The second-order valence-corrected chi connectivity index (χ2v) is 5.31.